The maximum absolute atomic E-state index is 12.4. The van der Waals surface area contributed by atoms with Gasteiger partial charge in [0.1, 0.15) is 6.61 Å². The number of hydrogen-bond acceptors (Lipinski definition) is 5. The van der Waals surface area contributed by atoms with Gasteiger partial charge < -0.3 is 5.11 Å². The van der Waals surface area contributed by atoms with Crippen LogP contribution in [0.1, 0.15) is 27.0 Å². The first-order valence-electron chi connectivity index (χ1n) is 9.62. The highest BCUT2D eigenvalue weighted by atomic mass is 16.3. The number of benzene rings is 2. The largest absolute Gasteiger partial charge is 0.388 e. The van der Waals surface area contributed by atoms with E-state index < -0.39 is 6.61 Å². The van der Waals surface area contributed by atoms with Crippen molar-refractivity contribution < 1.29 is 14.7 Å². The van der Waals surface area contributed by atoms with Gasteiger partial charge in [-0.3, -0.25) is 19.5 Å². The van der Waals surface area contributed by atoms with E-state index in [0.29, 0.717) is 31.6 Å². The fourth-order valence-corrected chi connectivity index (χ4v) is 3.71. The van der Waals surface area contributed by atoms with Crippen molar-refractivity contribution in [1.29, 1.82) is 0 Å². The van der Waals surface area contributed by atoms with Crippen molar-refractivity contribution >= 4 is 11.6 Å². The van der Waals surface area contributed by atoms with E-state index >= 15 is 0 Å². The van der Waals surface area contributed by atoms with Gasteiger partial charge in [0.05, 0.1) is 12.2 Å². The maximum atomic E-state index is 12.4. The highest BCUT2D eigenvalue weighted by Gasteiger charge is 2.21. The van der Waals surface area contributed by atoms with Crippen LogP contribution in [0.15, 0.2) is 66.9 Å². The summed E-state index contributed by atoms with van der Waals surface area (Å²) in [5, 5.41) is 9.12. The second-order valence-electron chi connectivity index (χ2n) is 7.34. The van der Waals surface area contributed by atoms with E-state index in [1.165, 1.54) is 0 Å². The molecule has 4 rings (SSSR count). The molecule has 0 bridgehead atoms. The maximum Gasteiger partial charge on any atom is 0.188 e. The third-order valence-electron chi connectivity index (χ3n) is 5.17. The molecule has 3 aromatic rings. The monoisotopic (exact) mass is 386 g/mol. The van der Waals surface area contributed by atoms with Gasteiger partial charge in [-0.2, -0.15) is 0 Å². The second-order valence-corrected chi connectivity index (χ2v) is 7.34. The fraction of sp³-hybridized carbons (Fsp3) is 0.208. The van der Waals surface area contributed by atoms with Crippen LogP contribution in [0.25, 0.3) is 11.3 Å². The fourth-order valence-electron chi connectivity index (χ4n) is 3.71. The molecule has 0 unspecified atom stereocenters. The molecule has 0 amide bonds. The van der Waals surface area contributed by atoms with Crippen molar-refractivity contribution in [2.75, 3.05) is 13.2 Å². The van der Waals surface area contributed by atoms with Crippen LogP contribution in [0.3, 0.4) is 0 Å². The Kier molecular flexibility index (Phi) is 5.60. The summed E-state index contributed by atoms with van der Waals surface area (Å²) in [7, 11) is 0. The molecular weight excluding hydrogens is 364 g/mol. The molecule has 5 nitrogen and oxygen atoms in total. The Morgan fingerprint density at radius 2 is 1.83 bits per heavy atom. The number of ketones is 2. The highest BCUT2D eigenvalue weighted by molar-refractivity contribution is 5.97. The molecule has 0 saturated carbocycles. The van der Waals surface area contributed by atoms with Crippen molar-refractivity contribution in [3.05, 3.63) is 89.1 Å². The summed E-state index contributed by atoms with van der Waals surface area (Å²) in [5.41, 5.74) is 5.51. The van der Waals surface area contributed by atoms with Crippen LogP contribution < -0.4 is 0 Å². The number of fused-ring (bicyclic) bond motifs is 1. The number of Topliss-reactive ketones (excluding diaryl/α,β-unsaturated/α-hetero) is 2. The van der Waals surface area contributed by atoms with Gasteiger partial charge >= 0.3 is 0 Å². The van der Waals surface area contributed by atoms with Gasteiger partial charge in [0, 0.05) is 36.8 Å². The Morgan fingerprint density at radius 3 is 2.55 bits per heavy atom. The van der Waals surface area contributed by atoms with Crippen LogP contribution in [0.5, 0.6) is 0 Å². The van der Waals surface area contributed by atoms with Crippen LogP contribution in [0.4, 0.5) is 0 Å². The smallest absolute Gasteiger partial charge is 0.188 e. The summed E-state index contributed by atoms with van der Waals surface area (Å²) >= 11 is 0. The number of aromatic nitrogens is 1. The molecule has 0 fully saturated rings. The summed E-state index contributed by atoms with van der Waals surface area (Å²) in [4.78, 5) is 30.7. The average molecular weight is 386 g/mol. The van der Waals surface area contributed by atoms with E-state index in [9.17, 15) is 9.59 Å². The molecule has 2 heterocycles. The minimum Gasteiger partial charge on any atom is -0.388 e. The average Bonchev–Trinajstić information content (AvgIpc) is 2.91. The van der Waals surface area contributed by atoms with Gasteiger partial charge in [-0.1, -0.05) is 42.5 Å². The Bertz CT molecular complexity index is 1030. The number of hydrogen-bond donors (Lipinski definition) is 1. The summed E-state index contributed by atoms with van der Waals surface area (Å²) < 4.78 is 0. The first-order valence-corrected chi connectivity index (χ1v) is 9.62. The van der Waals surface area contributed by atoms with Gasteiger partial charge in [-0.05, 0) is 34.9 Å². The zero-order valence-electron chi connectivity index (χ0n) is 16.0. The highest BCUT2D eigenvalue weighted by Crippen LogP contribution is 2.22. The van der Waals surface area contributed by atoms with E-state index in [-0.39, 0.29) is 11.6 Å². The molecule has 0 aliphatic carbocycles. The molecule has 146 valence electrons. The number of rotatable bonds is 5. The normalized spacial score (nSPS) is 14.3. The first kappa shape index (κ1) is 19.2. The standard InChI is InChI=1S/C24H22N2O3/c27-16-24(29)20-9-8-19-12-22(28)15-26(14-21(19)11-20)13-17-4-6-18(7-5-17)23-3-1-2-10-25-23/h1-11,27H,12-16H2. The molecule has 0 spiro atoms. The van der Waals surface area contributed by atoms with Crippen molar-refractivity contribution in [1.82, 2.24) is 9.88 Å². The van der Waals surface area contributed by atoms with E-state index in [1.54, 1.807) is 12.3 Å². The molecule has 5 heteroatoms. The summed E-state index contributed by atoms with van der Waals surface area (Å²) in [6.45, 7) is 1.10. The molecule has 0 radical (unpaired) electrons. The SMILES string of the molecule is O=C1Cc2ccc(C(=O)CO)cc2CN(Cc2ccc(-c3ccccn3)cc2)C1. The van der Waals surface area contributed by atoms with E-state index in [1.807, 2.05) is 42.5 Å². The molecule has 1 aliphatic rings. The minimum atomic E-state index is -0.510. The first-order chi connectivity index (χ1) is 14.1. The van der Waals surface area contributed by atoms with Crippen molar-refractivity contribution in [2.24, 2.45) is 0 Å². The molecule has 29 heavy (non-hydrogen) atoms. The quantitative estimate of drug-likeness (QED) is 0.683. The Balaban J connectivity index is 1.53. The minimum absolute atomic E-state index is 0.162. The lowest BCUT2D eigenvalue weighted by molar-refractivity contribution is -0.119. The topological polar surface area (TPSA) is 70.5 Å². The van der Waals surface area contributed by atoms with E-state index in [0.717, 1.165) is 27.9 Å². The van der Waals surface area contributed by atoms with Gasteiger partial charge in [0.15, 0.2) is 11.6 Å². The zero-order chi connectivity index (χ0) is 20.2. The Morgan fingerprint density at radius 1 is 1.00 bits per heavy atom. The van der Waals surface area contributed by atoms with Gasteiger partial charge in [0.25, 0.3) is 0 Å². The van der Waals surface area contributed by atoms with E-state index in [4.69, 9.17) is 5.11 Å². The summed E-state index contributed by atoms with van der Waals surface area (Å²) in [6.07, 6.45) is 2.15. The number of carbonyl (C=O) groups is 2. The van der Waals surface area contributed by atoms with Crippen molar-refractivity contribution in [3.63, 3.8) is 0 Å². The number of aliphatic hydroxyl groups is 1. The third kappa shape index (κ3) is 4.47. The summed E-state index contributed by atoms with van der Waals surface area (Å²) in [5.74, 6) is -0.143. The molecule has 2 aromatic carbocycles. The predicted octanol–water partition coefficient (Wildman–Crippen LogP) is 3.05. The van der Waals surface area contributed by atoms with Crippen LogP contribution in [-0.4, -0.2) is 39.7 Å². The zero-order valence-corrected chi connectivity index (χ0v) is 16.0. The molecule has 1 N–H and O–H groups in total. The Labute approximate surface area is 169 Å². The predicted molar refractivity (Wildman–Crippen MR) is 110 cm³/mol. The number of nitrogens with zero attached hydrogens (tertiary/aromatic N) is 2. The van der Waals surface area contributed by atoms with Crippen LogP contribution in [-0.2, 0) is 24.3 Å². The molecule has 0 saturated heterocycles. The molecule has 1 aliphatic heterocycles. The van der Waals surface area contributed by atoms with Gasteiger partial charge in [0.2, 0.25) is 0 Å². The summed E-state index contributed by atoms with van der Waals surface area (Å²) in [6, 6.07) is 19.4. The lowest BCUT2D eigenvalue weighted by Gasteiger charge is -2.20. The molecule has 1 aromatic heterocycles. The van der Waals surface area contributed by atoms with Crippen LogP contribution in [0, 0.1) is 0 Å². The number of carbonyl (C=O) groups excluding carboxylic acids is 2. The van der Waals surface area contributed by atoms with Gasteiger partial charge in [-0.25, -0.2) is 0 Å². The number of pyridine rings is 1. The van der Waals surface area contributed by atoms with Gasteiger partial charge in [-0.15, -0.1) is 0 Å². The number of aliphatic hydroxyl groups excluding tert-OH is 1. The molecular formula is C24H22N2O3. The van der Waals surface area contributed by atoms with E-state index in [2.05, 4.69) is 22.0 Å². The molecule has 0 atom stereocenters. The van der Waals surface area contributed by atoms with Crippen LogP contribution >= 0.6 is 0 Å². The lowest BCUT2D eigenvalue weighted by atomic mass is 9.99. The second kappa shape index (κ2) is 8.47. The third-order valence-corrected chi connectivity index (χ3v) is 5.17. The lowest BCUT2D eigenvalue weighted by Crippen LogP contribution is -2.27. The van der Waals surface area contributed by atoms with Crippen LogP contribution in [0.2, 0.25) is 0 Å². The Hall–Kier alpha value is -3.15. The van der Waals surface area contributed by atoms with Crippen molar-refractivity contribution in [2.45, 2.75) is 19.5 Å². The van der Waals surface area contributed by atoms with Crippen molar-refractivity contribution in [3.8, 4) is 11.3 Å².